The summed E-state index contributed by atoms with van der Waals surface area (Å²) in [5.74, 6) is 0. The molecule has 0 aromatic heterocycles. The van der Waals surface area contributed by atoms with Gasteiger partial charge in [-0.25, -0.2) is 0 Å². The molecule has 0 amide bonds. The molecular formula is C11H19NS. The molecule has 0 unspecified atom stereocenters. The van der Waals surface area contributed by atoms with Crippen molar-refractivity contribution in [2.45, 2.75) is 13.3 Å². The minimum absolute atomic E-state index is 1.07. The minimum atomic E-state index is 1.07. The Balaban J connectivity index is 4.85. The van der Waals surface area contributed by atoms with Gasteiger partial charge in [0.15, 0.2) is 0 Å². The minimum Gasteiger partial charge on any atom is -0.377 e. The molecule has 2 heteroatoms. The fourth-order valence-electron chi connectivity index (χ4n) is 0.974. The second kappa shape index (κ2) is 6.84. The number of likely N-dealkylation sites (N-methyl/N-ethyl adjacent to an activating group) is 1. The van der Waals surface area contributed by atoms with Gasteiger partial charge >= 0.3 is 0 Å². The summed E-state index contributed by atoms with van der Waals surface area (Å²) >= 11 is 1.73. The van der Waals surface area contributed by atoms with Gasteiger partial charge in [-0.15, -0.1) is 11.8 Å². The lowest BCUT2D eigenvalue weighted by Gasteiger charge is -2.16. The number of hydrogen-bond donors (Lipinski definition) is 0. The van der Waals surface area contributed by atoms with Crippen LogP contribution in [-0.2, 0) is 0 Å². The average Bonchev–Trinajstić information content (AvgIpc) is 2.11. The van der Waals surface area contributed by atoms with E-state index in [4.69, 9.17) is 0 Å². The third-order valence-corrected chi connectivity index (χ3v) is 2.47. The number of rotatable bonds is 5. The lowest BCUT2D eigenvalue weighted by molar-refractivity contribution is 0.528. The maximum atomic E-state index is 3.80. The van der Waals surface area contributed by atoms with E-state index in [0.29, 0.717) is 0 Å². The van der Waals surface area contributed by atoms with Crippen LogP contribution in [0.2, 0.25) is 0 Å². The van der Waals surface area contributed by atoms with Crippen molar-refractivity contribution < 1.29 is 0 Å². The van der Waals surface area contributed by atoms with Crippen LogP contribution >= 0.6 is 11.8 Å². The molecule has 0 aliphatic carbocycles. The van der Waals surface area contributed by atoms with Gasteiger partial charge in [0.05, 0.1) is 0 Å². The monoisotopic (exact) mass is 197 g/mol. The molecule has 0 saturated carbocycles. The van der Waals surface area contributed by atoms with Crippen molar-refractivity contribution in [3.05, 3.63) is 35.4 Å². The summed E-state index contributed by atoms with van der Waals surface area (Å²) in [5, 5.41) is 0. The van der Waals surface area contributed by atoms with Crippen LogP contribution in [0.4, 0.5) is 0 Å². The third kappa shape index (κ3) is 4.23. The van der Waals surface area contributed by atoms with E-state index in [1.54, 1.807) is 11.8 Å². The average molecular weight is 197 g/mol. The Kier molecular flexibility index (Phi) is 6.51. The number of allylic oxidation sites excluding steroid dienone is 3. The summed E-state index contributed by atoms with van der Waals surface area (Å²) < 4.78 is 0. The Morgan fingerprint density at radius 1 is 1.46 bits per heavy atom. The highest BCUT2D eigenvalue weighted by molar-refractivity contribution is 8.02. The first kappa shape index (κ1) is 12.4. The molecule has 0 atom stereocenters. The summed E-state index contributed by atoms with van der Waals surface area (Å²) in [6.45, 7) is 5.94. The lowest BCUT2D eigenvalue weighted by atomic mass is 10.3. The molecular weight excluding hydrogens is 178 g/mol. The first-order valence-electron chi connectivity index (χ1n) is 4.41. The number of nitrogens with zero attached hydrogens (tertiary/aromatic N) is 1. The molecule has 74 valence electrons. The first-order valence-corrected chi connectivity index (χ1v) is 5.64. The number of hydrogen-bond acceptors (Lipinski definition) is 2. The maximum absolute atomic E-state index is 3.80. The molecule has 0 fully saturated rings. The Labute approximate surface area is 86.2 Å². The van der Waals surface area contributed by atoms with Crippen LogP contribution in [0.25, 0.3) is 0 Å². The Bertz CT molecular complexity index is 214. The molecule has 13 heavy (non-hydrogen) atoms. The first-order chi connectivity index (χ1) is 6.17. The van der Waals surface area contributed by atoms with Gasteiger partial charge in [0.25, 0.3) is 0 Å². The van der Waals surface area contributed by atoms with Crippen LogP contribution in [0, 0.1) is 0 Å². The molecule has 0 aromatic rings. The zero-order valence-corrected chi connectivity index (χ0v) is 9.82. The largest absolute Gasteiger partial charge is 0.377 e. The van der Waals surface area contributed by atoms with E-state index in [-0.39, 0.29) is 0 Å². The predicted molar refractivity (Wildman–Crippen MR) is 63.9 cm³/mol. The van der Waals surface area contributed by atoms with Crippen molar-refractivity contribution in [3.8, 4) is 0 Å². The summed E-state index contributed by atoms with van der Waals surface area (Å²) in [6.07, 6.45) is 9.35. The molecule has 0 heterocycles. The summed E-state index contributed by atoms with van der Waals surface area (Å²) in [7, 11) is 4.10. The van der Waals surface area contributed by atoms with Crippen LogP contribution < -0.4 is 0 Å². The quantitative estimate of drug-likeness (QED) is 0.622. The highest BCUT2D eigenvalue weighted by atomic mass is 32.2. The van der Waals surface area contributed by atoms with Crippen molar-refractivity contribution in [2.75, 3.05) is 20.4 Å². The van der Waals surface area contributed by atoms with Crippen LogP contribution in [0.1, 0.15) is 13.3 Å². The summed E-state index contributed by atoms with van der Waals surface area (Å²) in [6, 6.07) is 0. The van der Waals surface area contributed by atoms with Gasteiger partial charge in [0.1, 0.15) is 0 Å². The maximum Gasteiger partial charge on any atom is 0.0495 e. The Morgan fingerprint density at radius 3 is 2.38 bits per heavy atom. The van der Waals surface area contributed by atoms with Crippen molar-refractivity contribution in [2.24, 2.45) is 0 Å². The van der Waals surface area contributed by atoms with Crippen LogP contribution in [0.5, 0.6) is 0 Å². The fraction of sp³-hybridized carbons (Fsp3) is 0.455. The van der Waals surface area contributed by atoms with Crippen LogP contribution in [0.3, 0.4) is 0 Å². The van der Waals surface area contributed by atoms with E-state index in [9.17, 15) is 0 Å². The second-order valence-corrected chi connectivity index (χ2v) is 3.71. The van der Waals surface area contributed by atoms with Crippen molar-refractivity contribution in [1.29, 1.82) is 0 Å². The van der Waals surface area contributed by atoms with Crippen LogP contribution in [-0.4, -0.2) is 25.3 Å². The standard InChI is InChI=1S/C11H19NS/c1-6-8-9-10(12(3)4)11(7-2)13-5/h7-9H,2,6H2,1,3-5H3/b9-8-,11-10-. The zero-order chi connectivity index (χ0) is 10.3. The van der Waals surface area contributed by atoms with Crippen molar-refractivity contribution >= 4 is 11.8 Å². The molecule has 0 rings (SSSR count). The van der Waals surface area contributed by atoms with Gasteiger partial charge in [-0.05, 0) is 18.8 Å². The van der Waals surface area contributed by atoms with E-state index < -0.39 is 0 Å². The van der Waals surface area contributed by atoms with Gasteiger partial charge in [-0.3, -0.25) is 0 Å². The molecule has 0 N–H and O–H groups in total. The third-order valence-electron chi connectivity index (χ3n) is 1.65. The summed E-state index contributed by atoms with van der Waals surface area (Å²) in [4.78, 5) is 3.33. The molecule has 0 aliphatic heterocycles. The van der Waals surface area contributed by atoms with Crippen molar-refractivity contribution in [1.82, 2.24) is 4.90 Å². The SMILES string of the molecule is C=C/C(SC)=C(\C=C/CC)N(C)C. The van der Waals surface area contributed by atoms with E-state index >= 15 is 0 Å². The van der Waals surface area contributed by atoms with Gasteiger partial charge < -0.3 is 4.90 Å². The highest BCUT2D eigenvalue weighted by Gasteiger charge is 2.00. The lowest BCUT2D eigenvalue weighted by Crippen LogP contribution is -2.10. The molecule has 0 radical (unpaired) electrons. The predicted octanol–water partition coefficient (Wildman–Crippen LogP) is 3.27. The fourth-order valence-corrected chi connectivity index (χ4v) is 1.60. The molecule has 0 aliphatic rings. The van der Waals surface area contributed by atoms with Gasteiger partial charge in [0, 0.05) is 24.7 Å². The highest BCUT2D eigenvalue weighted by Crippen LogP contribution is 2.20. The molecule has 0 saturated heterocycles. The van der Waals surface area contributed by atoms with E-state index in [2.05, 4.69) is 50.9 Å². The molecule has 0 spiro atoms. The smallest absolute Gasteiger partial charge is 0.0495 e. The van der Waals surface area contributed by atoms with Gasteiger partial charge in [-0.2, -0.15) is 0 Å². The second-order valence-electron chi connectivity index (χ2n) is 2.86. The molecule has 0 aromatic carbocycles. The van der Waals surface area contributed by atoms with Crippen LogP contribution in [0.15, 0.2) is 35.4 Å². The van der Waals surface area contributed by atoms with Gasteiger partial charge in [0.2, 0.25) is 0 Å². The van der Waals surface area contributed by atoms with E-state index in [1.807, 2.05) is 6.08 Å². The Hall–Kier alpha value is -0.630. The van der Waals surface area contributed by atoms with Gasteiger partial charge in [-0.1, -0.05) is 25.7 Å². The number of thioether (sulfide) groups is 1. The van der Waals surface area contributed by atoms with E-state index in [1.165, 1.54) is 10.6 Å². The van der Waals surface area contributed by atoms with E-state index in [0.717, 1.165) is 6.42 Å². The molecule has 1 nitrogen and oxygen atoms in total. The topological polar surface area (TPSA) is 3.24 Å². The van der Waals surface area contributed by atoms with Crippen molar-refractivity contribution in [3.63, 3.8) is 0 Å². The normalized spacial score (nSPS) is 12.9. The molecule has 0 bridgehead atoms. The Morgan fingerprint density at radius 2 is 2.08 bits per heavy atom. The zero-order valence-electron chi connectivity index (χ0n) is 9.00. The summed E-state index contributed by atoms with van der Waals surface area (Å²) in [5.41, 5.74) is 1.23.